The van der Waals surface area contributed by atoms with Crippen LogP contribution in [0.1, 0.15) is 17.3 Å². The van der Waals surface area contributed by atoms with Crippen molar-refractivity contribution in [2.24, 2.45) is 5.90 Å². The molecule has 6 nitrogen and oxygen atoms in total. The largest absolute Gasteiger partial charge is 0.497 e. The molecule has 3 rings (SSSR count). The lowest BCUT2D eigenvalue weighted by atomic mass is 10.0. The van der Waals surface area contributed by atoms with Gasteiger partial charge in [0.2, 0.25) is 0 Å². The maximum atomic E-state index is 5.28. The molecule has 0 radical (unpaired) electrons. The first-order valence-electron chi connectivity index (χ1n) is 6.49. The highest BCUT2D eigenvalue weighted by Gasteiger charge is 2.09. The van der Waals surface area contributed by atoms with Crippen LogP contribution in [0, 0.1) is 0 Å². The Morgan fingerprint density at radius 1 is 1.24 bits per heavy atom. The zero-order valence-electron chi connectivity index (χ0n) is 11.6. The van der Waals surface area contributed by atoms with Crippen LogP contribution in [0.2, 0.25) is 0 Å². The van der Waals surface area contributed by atoms with Crippen molar-refractivity contribution in [1.82, 2.24) is 10.1 Å². The maximum absolute atomic E-state index is 5.28. The Balaban J connectivity index is 1.95. The van der Waals surface area contributed by atoms with E-state index < -0.39 is 0 Å². The number of hydrogen-bond acceptors (Lipinski definition) is 6. The van der Waals surface area contributed by atoms with E-state index in [-0.39, 0.29) is 6.61 Å². The molecule has 0 saturated carbocycles. The average Bonchev–Trinajstić information content (AvgIpc) is 2.95. The van der Waals surface area contributed by atoms with E-state index in [1.54, 1.807) is 7.11 Å². The van der Waals surface area contributed by atoms with Gasteiger partial charge in [0.15, 0.2) is 5.82 Å². The minimum atomic E-state index is 0.108. The first-order valence-corrected chi connectivity index (χ1v) is 6.49. The molecule has 2 aromatic carbocycles. The van der Waals surface area contributed by atoms with Gasteiger partial charge in [0, 0.05) is 6.42 Å². The number of nitrogens with zero attached hydrogens (tertiary/aromatic N) is 2. The van der Waals surface area contributed by atoms with E-state index in [0.29, 0.717) is 18.1 Å². The molecule has 1 heterocycles. The second-order valence-electron chi connectivity index (χ2n) is 4.60. The monoisotopic (exact) mass is 285 g/mol. The van der Waals surface area contributed by atoms with E-state index in [1.807, 2.05) is 30.3 Å². The third-order valence-electron chi connectivity index (χ3n) is 3.25. The molecule has 0 saturated heterocycles. The summed E-state index contributed by atoms with van der Waals surface area (Å²) >= 11 is 0. The molecule has 0 amide bonds. The van der Waals surface area contributed by atoms with Gasteiger partial charge in [-0.15, -0.1) is 0 Å². The van der Waals surface area contributed by atoms with Crippen LogP contribution in [0.15, 0.2) is 40.9 Å². The second-order valence-corrected chi connectivity index (χ2v) is 4.60. The molecule has 0 bridgehead atoms. The van der Waals surface area contributed by atoms with Crippen LogP contribution in [-0.2, 0) is 17.9 Å². The molecule has 1 aromatic heterocycles. The topological polar surface area (TPSA) is 83.4 Å². The van der Waals surface area contributed by atoms with Gasteiger partial charge in [0.1, 0.15) is 12.4 Å². The predicted octanol–water partition coefficient (Wildman–Crippen LogP) is 2.21. The van der Waals surface area contributed by atoms with Crippen LogP contribution < -0.4 is 10.6 Å². The summed E-state index contributed by atoms with van der Waals surface area (Å²) in [5.74, 6) is 6.77. The van der Waals surface area contributed by atoms with Crippen LogP contribution >= 0.6 is 0 Å². The van der Waals surface area contributed by atoms with E-state index in [1.165, 1.54) is 0 Å². The number of hydrogen-bond donors (Lipinski definition) is 1. The van der Waals surface area contributed by atoms with Crippen LogP contribution in [0.4, 0.5) is 0 Å². The fourth-order valence-electron chi connectivity index (χ4n) is 2.26. The summed E-state index contributed by atoms with van der Waals surface area (Å²) in [6.07, 6.45) is 0.568. The van der Waals surface area contributed by atoms with Crippen molar-refractivity contribution < 1.29 is 14.1 Å². The second kappa shape index (κ2) is 5.90. The third-order valence-corrected chi connectivity index (χ3v) is 3.25. The number of methoxy groups -OCH3 is 1. The van der Waals surface area contributed by atoms with E-state index in [2.05, 4.69) is 21.0 Å². The summed E-state index contributed by atoms with van der Waals surface area (Å²) in [6.45, 7) is 0.108. The van der Waals surface area contributed by atoms with Crippen molar-refractivity contribution in [2.45, 2.75) is 13.0 Å². The molecule has 0 aliphatic rings. The van der Waals surface area contributed by atoms with Gasteiger partial charge in [-0.1, -0.05) is 29.4 Å². The van der Waals surface area contributed by atoms with Gasteiger partial charge in [-0.2, -0.15) is 4.98 Å². The Morgan fingerprint density at radius 3 is 2.95 bits per heavy atom. The summed E-state index contributed by atoms with van der Waals surface area (Å²) in [7, 11) is 1.65. The number of aromatic nitrogens is 2. The Morgan fingerprint density at radius 2 is 2.14 bits per heavy atom. The molecule has 3 aromatic rings. The van der Waals surface area contributed by atoms with Crippen molar-refractivity contribution in [3.63, 3.8) is 0 Å². The normalized spacial score (nSPS) is 11.0. The quantitative estimate of drug-likeness (QED) is 0.724. The standard InChI is InChI=1S/C15H15N3O3/c1-19-12-6-5-10-3-2-4-11(13(10)8-12)7-14-17-15(9-20-16)21-18-14/h2-6,8H,7,9,16H2,1H3. The molecule has 0 atom stereocenters. The van der Waals surface area contributed by atoms with Gasteiger partial charge in [-0.25, -0.2) is 5.90 Å². The van der Waals surface area contributed by atoms with Gasteiger partial charge in [0.25, 0.3) is 5.89 Å². The number of fused-ring (bicyclic) bond motifs is 1. The Labute approximate surface area is 121 Å². The smallest absolute Gasteiger partial charge is 0.254 e. The zero-order valence-corrected chi connectivity index (χ0v) is 11.6. The summed E-state index contributed by atoms with van der Waals surface area (Å²) in [5, 5.41) is 6.18. The zero-order chi connectivity index (χ0) is 14.7. The molecule has 2 N–H and O–H groups in total. The molecular weight excluding hydrogens is 270 g/mol. The van der Waals surface area contributed by atoms with Gasteiger partial charge >= 0.3 is 0 Å². The molecule has 0 fully saturated rings. The van der Waals surface area contributed by atoms with Gasteiger partial charge < -0.3 is 9.26 Å². The first-order chi connectivity index (χ1) is 10.3. The Bertz CT molecular complexity index is 755. The minimum Gasteiger partial charge on any atom is -0.497 e. The minimum absolute atomic E-state index is 0.108. The number of benzene rings is 2. The molecular formula is C15H15N3O3. The van der Waals surface area contributed by atoms with E-state index >= 15 is 0 Å². The lowest BCUT2D eigenvalue weighted by Gasteiger charge is -2.06. The van der Waals surface area contributed by atoms with Crippen molar-refractivity contribution in [2.75, 3.05) is 7.11 Å². The van der Waals surface area contributed by atoms with Crippen molar-refractivity contribution in [1.29, 1.82) is 0 Å². The molecule has 21 heavy (non-hydrogen) atoms. The number of nitrogens with two attached hydrogens (primary N) is 1. The summed E-state index contributed by atoms with van der Waals surface area (Å²) in [5.41, 5.74) is 1.10. The molecule has 0 unspecified atom stereocenters. The molecule has 0 aliphatic heterocycles. The SMILES string of the molecule is COc1ccc2cccc(Cc3noc(CON)n3)c2c1. The Hall–Kier alpha value is -2.44. The highest BCUT2D eigenvalue weighted by atomic mass is 16.6. The van der Waals surface area contributed by atoms with E-state index in [0.717, 1.165) is 22.1 Å². The fraction of sp³-hybridized carbons (Fsp3) is 0.200. The van der Waals surface area contributed by atoms with Crippen LogP contribution in [0.3, 0.4) is 0 Å². The van der Waals surface area contributed by atoms with E-state index in [4.69, 9.17) is 15.2 Å². The highest BCUT2D eigenvalue weighted by Crippen LogP contribution is 2.25. The van der Waals surface area contributed by atoms with Gasteiger partial charge in [0.05, 0.1) is 7.11 Å². The highest BCUT2D eigenvalue weighted by molar-refractivity contribution is 5.87. The lowest BCUT2D eigenvalue weighted by molar-refractivity contribution is 0.0995. The van der Waals surface area contributed by atoms with Gasteiger partial charge in [-0.05, 0) is 28.5 Å². The van der Waals surface area contributed by atoms with E-state index in [9.17, 15) is 0 Å². The molecule has 108 valence electrons. The van der Waals surface area contributed by atoms with Crippen molar-refractivity contribution >= 4 is 10.8 Å². The van der Waals surface area contributed by atoms with Crippen LogP contribution in [0.25, 0.3) is 10.8 Å². The average molecular weight is 285 g/mol. The number of ether oxygens (including phenoxy) is 1. The maximum Gasteiger partial charge on any atom is 0.254 e. The molecule has 0 spiro atoms. The van der Waals surface area contributed by atoms with Gasteiger partial charge in [-0.3, -0.25) is 4.84 Å². The lowest BCUT2D eigenvalue weighted by Crippen LogP contribution is -1.99. The summed E-state index contributed by atoms with van der Waals surface area (Å²) < 4.78 is 10.3. The number of rotatable bonds is 5. The fourth-order valence-corrected chi connectivity index (χ4v) is 2.26. The first kappa shape index (κ1) is 13.5. The van der Waals surface area contributed by atoms with Crippen LogP contribution in [-0.4, -0.2) is 17.3 Å². The Kier molecular flexibility index (Phi) is 3.81. The molecule has 6 heteroatoms. The summed E-state index contributed by atoms with van der Waals surface area (Å²) in [4.78, 5) is 8.71. The third kappa shape index (κ3) is 2.86. The predicted molar refractivity (Wildman–Crippen MR) is 76.6 cm³/mol. The molecule has 0 aliphatic carbocycles. The van der Waals surface area contributed by atoms with Crippen LogP contribution in [0.5, 0.6) is 5.75 Å². The van der Waals surface area contributed by atoms with Crippen molar-refractivity contribution in [3.8, 4) is 5.75 Å². The van der Waals surface area contributed by atoms with Crippen molar-refractivity contribution in [3.05, 3.63) is 53.7 Å². The summed E-state index contributed by atoms with van der Waals surface area (Å²) in [6, 6.07) is 12.1.